The first-order valence-corrected chi connectivity index (χ1v) is 12.5. The Morgan fingerprint density at radius 1 is 1.25 bits per heavy atom. The van der Waals surface area contributed by atoms with Crippen molar-refractivity contribution >= 4 is 37.5 Å². The molecule has 6 nitrogen and oxygen atoms in total. The summed E-state index contributed by atoms with van der Waals surface area (Å²) in [4.78, 5) is 17.3. The fourth-order valence-electron chi connectivity index (χ4n) is 3.96. The summed E-state index contributed by atoms with van der Waals surface area (Å²) < 4.78 is 43.7. The van der Waals surface area contributed by atoms with Gasteiger partial charge in [-0.2, -0.15) is 9.30 Å². The van der Waals surface area contributed by atoms with Crippen molar-refractivity contribution in [3.63, 3.8) is 0 Å². The van der Waals surface area contributed by atoms with Crippen molar-refractivity contribution in [2.45, 2.75) is 43.2 Å². The third-order valence-corrected chi connectivity index (χ3v) is 8.68. The minimum absolute atomic E-state index is 0.0104. The van der Waals surface area contributed by atoms with Gasteiger partial charge in [-0.15, -0.1) is 6.42 Å². The Morgan fingerprint density at radius 2 is 1.94 bits per heavy atom. The quantitative estimate of drug-likeness (QED) is 0.532. The molecule has 1 aliphatic rings. The van der Waals surface area contributed by atoms with E-state index in [1.807, 2.05) is 0 Å². The van der Waals surface area contributed by atoms with Gasteiger partial charge in [0.2, 0.25) is 10.0 Å². The first kappa shape index (κ1) is 22.4. The van der Waals surface area contributed by atoms with Crippen LogP contribution in [0.15, 0.2) is 52.4 Å². The minimum Gasteiger partial charge on any atom is -0.302 e. The van der Waals surface area contributed by atoms with E-state index < -0.39 is 21.7 Å². The molecule has 0 spiro atoms. The number of halogens is 1. The minimum atomic E-state index is -3.63. The highest BCUT2D eigenvalue weighted by Crippen LogP contribution is 2.27. The molecule has 1 amide bonds. The Hall–Kier alpha value is -2.80. The molecular formula is C23H22FN3O3S2. The molecule has 0 atom stereocenters. The average molecular weight is 472 g/mol. The number of aromatic nitrogens is 1. The van der Waals surface area contributed by atoms with E-state index >= 15 is 0 Å². The number of amides is 1. The van der Waals surface area contributed by atoms with E-state index in [0.29, 0.717) is 10.2 Å². The number of hydrogen-bond donors (Lipinski definition) is 0. The molecule has 1 aliphatic carbocycles. The van der Waals surface area contributed by atoms with Crippen molar-refractivity contribution in [1.82, 2.24) is 8.87 Å². The Balaban J connectivity index is 1.65. The van der Waals surface area contributed by atoms with Gasteiger partial charge in [-0.3, -0.25) is 4.79 Å². The Bertz CT molecular complexity index is 1380. The number of nitrogens with zero attached hydrogens (tertiary/aromatic N) is 3. The van der Waals surface area contributed by atoms with Gasteiger partial charge in [0, 0.05) is 18.7 Å². The summed E-state index contributed by atoms with van der Waals surface area (Å²) in [6, 6.07) is 10.4. The number of benzene rings is 2. The SMILES string of the molecule is C#CCn1c(=NC(=O)c2ccc(S(=O)(=O)N(C)C3CCCC3)cc2)sc2cccc(F)c21. The highest BCUT2D eigenvalue weighted by molar-refractivity contribution is 7.89. The lowest BCUT2D eigenvalue weighted by molar-refractivity contribution is 0.0997. The lowest BCUT2D eigenvalue weighted by Crippen LogP contribution is -2.35. The molecule has 9 heteroatoms. The summed E-state index contributed by atoms with van der Waals surface area (Å²) in [5.41, 5.74) is 0.538. The van der Waals surface area contributed by atoms with Crippen LogP contribution in [0.2, 0.25) is 0 Å². The van der Waals surface area contributed by atoms with E-state index in [1.165, 1.54) is 39.2 Å². The number of carbonyl (C=O) groups excluding carboxylic acids is 1. The topological polar surface area (TPSA) is 71.7 Å². The van der Waals surface area contributed by atoms with Crippen LogP contribution in [0.5, 0.6) is 0 Å². The maximum atomic E-state index is 14.3. The Morgan fingerprint density at radius 3 is 2.59 bits per heavy atom. The molecule has 0 aliphatic heterocycles. The zero-order valence-corrected chi connectivity index (χ0v) is 19.1. The first-order valence-electron chi connectivity index (χ1n) is 10.2. The summed E-state index contributed by atoms with van der Waals surface area (Å²) >= 11 is 1.16. The molecule has 0 radical (unpaired) electrons. The number of terminal acetylenes is 1. The molecule has 1 fully saturated rings. The molecule has 0 bridgehead atoms. The second-order valence-corrected chi connectivity index (χ2v) is 10.7. The second-order valence-electron chi connectivity index (χ2n) is 7.66. The second kappa shape index (κ2) is 8.98. The predicted octanol–water partition coefficient (Wildman–Crippen LogP) is 3.78. The van der Waals surface area contributed by atoms with E-state index in [9.17, 15) is 17.6 Å². The Labute approximate surface area is 190 Å². The molecule has 32 heavy (non-hydrogen) atoms. The van der Waals surface area contributed by atoms with E-state index in [0.717, 1.165) is 37.0 Å². The lowest BCUT2D eigenvalue weighted by atomic mass is 10.2. The predicted molar refractivity (Wildman–Crippen MR) is 122 cm³/mol. The van der Waals surface area contributed by atoms with Crippen molar-refractivity contribution in [2.24, 2.45) is 4.99 Å². The third kappa shape index (κ3) is 4.13. The largest absolute Gasteiger partial charge is 0.302 e. The van der Waals surface area contributed by atoms with E-state index in [1.54, 1.807) is 19.2 Å². The van der Waals surface area contributed by atoms with Crippen molar-refractivity contribution in [2.75, 3.05) is 7.05 Å². The number of rotatable bonds is 5. The van der Waals surface area contributed by atoms with Crippen LogP contribution >= 0.6 is 11.3 Å². The smallest absolute Gasteiger partial charge is 0.279 e. The maximum Gasteiger partial charge on any atom is 0.279 e. The van der Waals surface area contributed by atoms with Gasteiger partial charge in [0.05, 0.1) is 21.7 Å². The molecule has 0 unspecified atom stereocenters. The Kier molecular flexibility index (Phi) is 6.29. The fourth-order valence-corrected chi connectivity index (χ4v) is 6.42. The molecular weight excluding hydrogens is 449 g/mol. The first-order chi connectivity index (χ1) is 15.3. The van der Waals surface area contributed by atoms with Gasteiger partial charge in [0.25, 0.3) is 5.91 Å². The number of sulfonamides is 1. The van der Waals surface area contributed by atoms with E-state index in [-0.39, 0.29) is 27.8 Å². The van der Waals surface area contributed by atoms with Crippen LogP contribution in [-0.2, 0) is 16.6 Å². The van der Waals surface area contributed by atoms with Crippen molar-refractivity contribution in [3.8, 4) is 12.3 Å². The van der Waals surface area contributed by atoms with Crippen molar-refractivity contribution < 1.29 is 17.6 Å². The van der Waals surface area contributed by atoms with Crippen LogP contribution in [0, 0.1) is 18.2 Å². The molecule has 1 heterocycles. The standard InChI is InChI=1S/C23H22FN3O3S2/c1-3-15-27-21-19(24)9-6-10-20(21)31-23(27)25-22(28)16-11-13-18(14-12-16)32(29,30)26(2)17-7-4-5-8-17/h1,6,9-14,17H,4-5,7-8,15H2,2H3. The summed E-state index contributed by atoms with van der Waals surface area (Å²) in [5, 5.41) is 0. The third-order valence-electron chi connectivity index (χ3n) is 5.72. The zero-order valence-electron chi connectivity index (χ0n) is 17.5. The van der Waals surface area contributed by atoms with Gasteiger partial charge in [0.15, 0.2) is 4.80 Å². The zero-order chi connectivity index (χ0) is 22.9. The monoisotopic (exact) mass is 471 g/mol. The van der Waals surface area contributed by atoms with Gasteiger partial charge in [-0.25, -0.2) is 12.8 Å². The van der Waals surface area contributed by atoms with Gasteiger partial charge in [-0.05, 0) is 49.2 Å². The number of carbonyl (C=O) groups is 1. The number of fused-ring (bicyclic) bond motifs is 1. The van der Waals surface area contributed by atoms with Crippen LogP contribution in [0.25, 0.3) is 10.2 Å². The van der Waals surface area contributed by atoms with Crippen molar-refractivity contribution in [3.05, 3.63) is 58.6 Å². The van der Waals surface area contributed by atoms with E-state index in [4.69, 9.17) is 6.42 Å². The normalized spacial score (nSPS) is 15.5. The summed E-state index contributed by atoms with van der Waals surface area (Å²) in [5.74, 6) is 1.46. The van der Waals surface area contributed by atoms with E-state index in [2.05, 4.69) is 10.9 Å². The van der Waals surface area contributed by atoms with Crippen LogP contribution < -0.4 is 4.80 Å². The highest BCUT2D eigenvalue weighted by atomic mass is 32.2. The molecule has 4 rings (SSSR count). The number of hydrogen-bond acceptors (Lipinski definition) is 4. The van der Waals surface area contributed by atoms with Gasteiger partial charge < -0.3 is 4.57 Å². The van der Waals surface area contributed by atoms with Crippen molar-refractivity contribution in [1.29, 1.82) is 0 Å². The summed E-state index contributed by atoms with van der Waals surface area (Å²) in [6.45, 7) is 0.0672. The van der Waals surface area contributed by atoms with Gasteiger partial charge in [-0.1, -0.05) is 36.2 Å². The van der Waals surface area contributed by atoms with Crippen LogP contribution in [-0.4, -0.2) is 36.3 Å². The number of para-hydroxylation sites is 1. The van der Waals surface area contributed by atoms with Crippen LogP contribution in [0.3, 0.4) is 0 Å². The van der Waals surface area contributed by atoms with Gasteiger partial charge in [0.1, 0.15) is 5.82 Å². The molecule has 166 valence electrons. The van der Waals surface area contributed by atoms with Crippen LogP contribution in [0.1, 0.15) is 36.0 Å². The maximum absolute atomic E-state index is 14.3. The summed E-state index contributed by atoms with van der Waals surface area (Å²) in [6.07, 6.45) is 9.20. The molecule has 0 N–H and O–H groups in total. The molecule has 0 saturated heterocycles. The number of thiazole rings is 1. The summed E-state index contributed by atoms with van der Waals surface area (Å²) in [7, 11) is -2.03. The lowest BCUT2D eigenvalue weighted by Gasteiger charge is -2.23. The average Bonchev–Trinajstić information content (AvgIpc) is 3.43. The molecule has 1 aromatic heterocycles. The highest BCUT2D eigenvalue weighted by Gasteiger charge is 2.30. The molecule has 1 saturated carbocycles. The fraction of sp³-hybridized carbons (Fsp3) is 0.304. The van der Waals surface area contributed by atoms with Gasteiger partial charge >= 0.3 is 0 Å². The molecule has 2 aromatic carbocycles. The molecule has 3 aromatic rings. The van der Waals surface area contributed by atoms with Crippen LogP contribution in [0.4, 0.5) is 4.39 Å².